The number of imide groups is 1. The van der Waals surface area contributed by atoms with Crippen molar-refractivity contribution in [1.29, 1.82) is 0 Å². The lowest BCUT2D eigenvalue weighted by Gasteiger charge is -2.26. The molecule has 2 amide bonds. The number of rotatable bonds is 3. The van der Waals surface area contributed by atoms with E-state index < -0.39 is 24.0 Å². The number of carbonyl (C=O) groups is 2. The molecule has 0 aliphatic carbocycles. The number of oxime groups is 1. The molecule has 0 saturated carbocycles. The number of benzene rings is 2. The van der Waals surface area contributed by atoms with Crippen molar-refractivity contribution in [3.63, 3.8) is 0 Å². The molecular formula is C23H20N2O5. The lowest BCUT2D eigenvalue weighted by molar-refractivity contribution is -0.125. The Hall–Kier alpha value is -3.19. The van der Waals surface area contributed by atoms with E-state index in [9.17, 15) is 9.59 Å². The average Bonchev–Trinajstić information content (AvgIpc) is 3.49. The monoisotopic (exact) mass is 404 g/mol. The summed E-state index contributed by atoms with van der Waals surface area (Å²) in [6.45, 7) is 1.97. The zero-order valence-corrected chi connectivity index (χ0v) is 16.5. The Balaban J connectivity index is 1.33. The molecule has 4 aliphatic rings. The van der Waals surface area contributed by atoms with Gasteiger partial charge in [-0.3, -0.25) is 9.59 Å². The van der Waals surface area contributed by atoms with E-state index in [-0.39, 0.29) is 23.8 Å². The topological polar surface area (TPSA) is 77.4 Å². The number of nitrogens with zero attached hydrogens (tertiary/aromatic N) is 2. The summed E-state index contributed by atoms with van der Waals surface area (Å²) in [6.07, 6.45) is -1.22. The van der Waals surface area contributed by atoms with Gasteiger partial charge in [-0.25, -0.2) is 4.90 Å². The molecule has 2 aromatic rings. The third-order valence-electron chi connectivity index (χ3n) is 6.72. The molecule has 4 heterocycles. The first-order chi connectivity index (χ1) is 14.6. The minimum absolute atomic E-state index is 0.167. The van der Waals surface area contributed by atoms with Gasteiger partial charge < -0.3 is 14.3 Å². The Labute approximate surface area is 173 Å². The number of hydrogen-bond acceptors (Lipinski definition) is 6. The molecule has 7 heteroatoms. The highest BCUT2D eigenvalue weighted by molar-refractivity contribution is 6.23. The van der Waals surface area contributed by atoms with Crippen LogP contribution in [0, 0.1) is 24.7 Å². The first kappa shape index (κ1) is 17.7. The molecule has 0 radical (unpaired) electrons. The molecular weight excluding hydrogens is 384 g/mol. The third kappa shape index (κ3) is 2.21. The minimum Gasteiger partial charge on any atom is -0.497 e. The number of methoxy groups -OCH3 is 1. The number of amides is 2. The summed E-state index contributed by atoms with van der Waals surface area (Å²) in [5.41, 5.74) is 3.36. The summed E-state index contributed by atoms with van der Waals surface area (Å²) in [5, 5.41) is 4.31. The van der Waals surface area contributed by atoms with Crippen molar-refractivity contribution in [2.24, 2.45) is 22.9 Å². The number of hydrogen-bond donors (Lipinski definition) is 0. The summed E-state index contributed by atoms with van der Waals surface area (Å²) >= 11 is 0. The fourth-order valence-electron chi connectivity index (χ4n) is 5.31. The number of carbonyl (C=O) groups excluding carboxylic acids is 2. The van der Waals surface area contributed by atoms with E-state index in [1.807, 2.05) is 55.5 Å². The van der Waals surface area contributed by atoms with Crippen LogP contribution in [0.1, 0.15) is 11.1 Å². The second-order valence-electron chi connectivity index (χ2n) is 8.27. The standard InChI is InChI=1S/C23H20N2O5/c1-11-3-7-13(8-4-11)25-22(26)15-16(23(25)27)20-21-17(19(15)29-20)18(24-30-21)12-5-9-14(28-2)10-6-12/h3-10,15-17,19-21H,1-2H3/t15-,16+,17-,19-,20+,21-/m0/s1. The SMILES string of the molecule is COc1ccc(C2=NO[C@@H]3[C@@H]4O[C@H]([C@H]23)[C@H]2C(=O)N(c3ccc(C)cc3)C(=O)[C@@H]42)cc1. The largest absolute Gasteiger partial charge is 0.497 e. The van der Waals surface area contributed by atoms with Gasteiger partial charge in [-0.15, -0.1) is 0 Å². The highest BCUT2D eigenvalue weighted by Gasteiger charge is 2.72. The van der Waals surface area contributed by atoms with E-state index in [4.69, 9.17) is 14.3 Å². The van der Waals surface area contributed by atoms with Crippen molar-refractivity contribution in [1.82, 2.24) is 0 Å². The van der Waals surface area contributed by atoms with Crippen molar-refractivity contribution in [2.75, 3.05) is 12.0 Å². The van der Waals surface area contributed by atoms with Crippen molar-refractivity contribution in [3.8, 4) is 5.75 Å². The fraction of sp³-hybridized carbons (Fsp3) is 0.348. The molecule has 30 heavy (non-hydrogen) atoms. The molecule has 0 unspecified atom stereocenters. The molecule has 3 fully saturated rings. The second kappa shape index (κ2) is 6.15. The molecule has 152 valence electrons. The van der Waals surface area contributed by atoms with Gasteiger partial charge in [0.05, 0.1) is 42.4 Å². The summed E-state index contributed by atoms with van der Waals surface area (Å²) in [4.78, 5) is 33.6. The first-order valence-corrected chi connectivity index (χ1v) is 10.1. The van der Waals surface area contributed by atoms with Crippen LogP contribution >= 0.6 is 0 Å². The number of aryl methyl sites for hydroxylation is 1. The van der Waals surface area contributed by atoms with Crippen molar-refractivity contribution in [2.45, 2.75) is 25.2 Å². The van der Waals surface area contributed by atoms with Crippen molar-refractivity contribution in [3.05, 3.63) is 59.7 Å². The van der Waals surface area contributed by atoms with Gasteiger partial charge in [-0.2, -0.15) is 0 Å². The molecule has 7 nitrogen and oxygen atoms in total. The summed E-state index contributed by atoms with van der Waals surface area (Å²) in [5.74, 6) is -0.837. The molecule has 6 rings (SSSR count). The Morgan fingerprint density at radius 3 is 2.20 bits per heavy atom. The van der Waals surface area contributed by atoms with Gasteiger partial charge in [0.2, 0.25) is 11.8 Å². The quantitative estimate of drug-likeness (QED) is 0.734. The summed E-state index contributed by atoms with van der Waals surface area (Å²) < 4.78 is 11.4. The normalized spacial score (nSPS) is 33.4. The van der Waals surface area contributed by atoms with Crippen LogP contribution < -0.4 is 9.64 Å². The van der Waals surface area contributed by atoms with Crippen LogP contribution in [0.3, 0.4) is 0 Å². The van der Waals surface area contributed by atoms with Crippen LogP contribution in [-0.4, -0.2) is 42.9 Å². The Kier molecular flexibility index (Phi) is 3.62. The third-order valence-corrected chi connectivity index (χ3v) is 6.72. The maximum atomic E-state index is 13.3. The predicted molar refractivity (Wildman–Crippen MR) is 107 cm³/mol. The zero-order chi connectivity index (χ0) is 20.6. The number of ether oxygens (including phenoxy) is 2. The van der Waals surface area contributed by atoms with E-state index in [0.29, 0.717) is 5.69 Å². The zero-order valence-electron chi connectivity index (χ0n) is 16.5. The second-order valence-corrected chi connectivity index (χ2v) is 8.27. The smallest absolute Gasteiger partial charge is 0.240 e. The van der Waals surface area contributed by atoms with Crippen molar-refractivity contribution >= 4 is 23.2 Å². The first-order valence-electron chi connectivity index (χ1n) is 10.1. The molecule has 0 spiro atoms. The number of fused-ring (bicyclic) bond motifs is 8. The van der Waals surface area contributed by atoms with Crippen LogP contribution in [0.2, 0.25) is 0 Å². The predicted octanol–water partition coefficient (Wildman–Crippen LogP) is 2.31. The van der Waals surface area contributed by atoms with Crippen LogP contribution in [0.25, 0.3) is 0 Å². The van der Waals surface area contributed by atoms with E-state index in [0.717, 1.165) is 22.6 Å². The lowest BCUT2D eigenvalue weighted by Crippen LogP contribution is -2.45. The number of anilines is 1. The maximum absolute atomic E-state index is 13.3. The lowest BCUT2D eigenvalue weighted by atomic mass is 9.71. The average molecular weight is 404 g/mol. The Morgan fingerprint density at radius 1 is 0.867 bits per heavy atom. The molecule has 2 aromatic carbocycles. The van der Waals surface area contributed by atoms with E-state index in [2.05, 4.69) is 5.16 Å². The minimum atomic E-state index is -0.518. The van der Waals surface area contributed by atoms with Gasteiger partial charge in [0.1, 0.15) is 11.9 Å². The van der Waals surface area contributed by atoms with Crippen molar-refractivity contribution < 1.29 is 23.9 Å². The molecule has 6 atom stereocenters. The van der Waals surface area contributed by atoms with Gasteiger partial charge >= 0.3 is 0 Å². The van der Waals surface area contributed by atoms with Gasteiger partial charge in [-0.1, -0.05) is 22.9 Å². The summed E-state index contributed by atoms with van der Waals surface area (Å²) in [6, 6.07) is 15.0. The van der Waals surface area contributed by atoms with Gasteiger partial charge in [0.15, 0.2) is 6.10 Å². The fourth-order valence-corrected chi connectivity index (χ4v) is 5.31. The molecule has 0 aromatic heterocycles. The van der Waals surface area contributed by atoms with E-state index in [1.54, 1.807) is 7.11 Å². The Morgan fingerprint density at radius 2 is 1.53 bits per heavy atom. The van der Waals surface area contributed by atoms with Crippen LogP contribution in [-0.2, 0) is 19.2 Å². The highest BCUT2D eigenvalue weighted by atomic mass is 16.7. The Bertz CT molecular complexity index is 1080. The molecule has 2 bridgehead atoms. The van der Waals surface area contributed by atoms with Gasteiger partial charge in [0, 0.05) is 5.56 Å². The molecule has 3 saturated heterocycles. The van der Waals surface area contributed by atoms with Gasteiger partial charge in [0.25, 0.3) is 0 Å². The van der Waals surface area contributed by atoms with Gasteiger partial charge in [-0.05, 0) is 43.3 Å². The highest BCUT2D eigenvalue weighted by Crippen LogP contribution is 2.55. The summed E-state index contributed by atoms with van der Waals surface area (Å²) in [7, 11) is 1.62. The van der Waals surface area contributed by atoms with E-state index in [1.165, 1.54) is 4.90 Å². The van der Waals surface area contributed by atoms with Crippen LogP contribution in [0.5, 0.6) is 5.75 Å². The van der Waals surface area contributed by atoms with Crippen LogP contribution in [0.4, 0.5) is 5.69 Å². The van der Waals surface area contributed by atoms with E-state index >= 15 is 0 Å². The van der Waals surface area contributed by atoms with Crippen LogP contribution in [0.15, 0.2) is 53.7 Å². The maximum Gasteiger partial charge on any atom is 0.240 e. The molecule has 0 N–H and O–H groups in total. The molecule has 4 aliphatic heterocycles.